The molecule has 1 saturated heterocycles. The third-order valence-electron chi connectivity index (χ3n) is 5.69. The molecular formula is C23H27F2N5O3S. The Labute approximate surface area is 201 Å². The standard InChI is InChI=1S/C23H27F2N5O3S/c1-13(23(31)32)33-15-5-6-19(34-4)18(9-15)27-22-17(11-26)16(21(24)25)10-20(28-22)30-8-7-14(12-30)29(2)3/h5-6,9-10,13-14,21H,7-8,12H2,1-4H3,(H,27,28)(H,31,32)/t13?,14-/m0/s1. The van der Waals surface area contributed by atoms with Crippen LogP contribution in [0.5, 0.6) is 5.75 Å². The molecule has 1 aromatic carbocycles. The number of hydrogen-bond acceptors (Lipinski definition) is 8. The van der Waals surface area contributed by atoms with Crippen LogP contribution in [0.2, 0.25) is 0 Å². The van der Waals surface area contributed by atoms with E-state index >= 15 is 0 Å². The average molecular weight is 492 g/mol. The number of thioether (sulfide) groups is 1. The maximum Gasteiger partial charge on any atom is 0.344 e. The number of benzene rings is 1. The molecule has 0 bridgehead atoms. The van der Waals surface area contributed by atoms with Crippen LogP contribution in [-0.4, -0.2) is 66.5 Å². The number of alkyl halides is 2. The third kappa shape index (κ3) is 5.69. The molecule has 0 amide bonds. The summed E-state index contributed by atoms with van der Waals surface area (Å²) >= 11 is 1.40. The van der Waals surface area contributed by atoms with Gasteiger partial charge in [-0.25, -0.2) is 18.6 Å². The van der Waals surface area contributed by atoms with Crippen LogP contribution in [0.3, 0.4) is 0 Å². The molecule has 0 radical (unpaired) electrons. The summed E-state index contributed by atoms with van der Waals surface area (Å²) < 4.78 is 33.3. The highest BCUT2D eigenvalue weighted by molar-refractivity contribution is 7.98. The summed E-state index contributed by atoms with van der Waals surface area (Å²) in [7, 11) is 3.95. The fraction of sp³-hybridized carbons (Fsp3) is 0.435. The molecule has 1 aromatic heterocycles. The summed E-state index contributed by atoms with van der Waals surface area (Å²) in [6.07, 6.45) is -1.21. The van der Waals surface area contributed by atoms with E-state index in [1.807, 2.05) is 31.3 Å². The van der Waals surface area contributed by atoms with Gasteiger partial charge in [0.1, 0.15) is 23.2 Å². The van der Waals surface area contributed by atoms with Crippen molar-refractivity contribution >= 4 is 35.1 Å². The molecule has 34 heavy (non-hydrogen) atoms. The highest BCUT2D eigenvalue weighted by Crippen LogP contribution is 2.36. The fourth-order valence-electron chi connectivity index (χ4n) is 3.70. The van der Waals surface area contributed by atoms with E-state index in [0.717, 1.165) is 11.3 Å². The smallest absolute Gasteiger partial charge is 0.344 e. The third-order valence-corrected chi connectivity index (χ3v) is 6.48. The molecule has 3 rings (SSSR count). The summed E-state index contributed by atoms with van der Waals surface area (Å²) in [6.45, 7) is 2.71. The number of hydrogen-bond donors (Lipinski definition) is 2. The predicted molar refractivity (Wildman–Crippen MR) is 127 cm³/mol. The van der Waals surface area contributed by atoms with Crippen molar-refractivity contribution in [2.45, 2.75) is 36.8 Å². The number of nitriles is 1. The van der Waals surface area contributed by atoms with Gasteiger partial charge in [0.25, 0.3) is 6.43 Å². The lowest BCUT2D eigenvalue weighted by Crippen LogP contribution is -2.31. The van der Waals surface area contributed by atoms with E-state index in [2.05, 4.69) is 15.2 Å². The molecule has 1 fully saturated rings. The number of rotatable bonds is 9. The highest BCUT2D eigenvalue weighted by atomic mass is 32.2. The first-order chi connectivity index (χ1) is 16.1. The number of carbonyl (C=O) groups is 1. The second kappa shape index (κ2) is 10.9. The number of halogens is 2. The van der Waals surface area contributed by atoms with Crippen molar-refractivity contribution in [2.24, 2.45) is 0 Å². The van der Waals surface area contributed by atoms with Gasteiger partial charge in [0.2, 0.25) is 0 Å². The molecule has 0 aliphatic carbocycles. The van der Waals surface area contributed by atoms with E-state index in [4.69, 9.17) is 9.84 Å². The molecule has 2 aromatic rings. The summed E-state index contributed by atoms with van der Waals surface area (Å²) in [6, 6.07) is 8.35. The lowest BCUT2D eigenvalue weighted by atomic mass is 10.1. The average Bonchev–Trinajstić information content (AvgIpc) is 3.29. The molecule has 2 atom stereocenters. The zero-order chi connectivity index (χ0) is 25.0. The van der Waals surface area contributed by atoms with Crippen LogP contribution in [0, 0.1) is 11.3 Å². The molecule has 8 nitrogen and oxygen atoms in total. The van der Waals surface area contributed by atoms with E-state index < -0.39 is 18.5 Å². The van der Waals surface area contributed by atoms with Gasteiger partial charge in [0, 0.05) is 35.7 Å². The molecule has 0 spiro atoms. The number of likely N-dealkylation sites (N-methyl/N-ethyl adjacent to an activating group) is 1. The number of pyridine rings is 1. The largest absolute Gasteiger partial charge is 0.479 e. The SMILES string of the molecule is CSc1ccc(OC(C)C(=O)O)cc1Nc1nc(N2CC[C@H](N(C)C)C2)cc(C(F)F)c1C#N. The minimum atomic E-state index is -2.85. The number of carboxylic acid groups (broad SMARTS) is 1. The maximum absolute atomic E-state index is 13.9. The molecule has 2 heterocycles. The highest BCUT2D eigenvalue weighted by Gasteiger charge is 2.28. The Kier molecular flexibility index (Phi) is 8.17. The summed E-state index contributed by atoms with van der Waals surface area (Å²) in [5.74, 6) is -0.443. The van der Waals surface area contributed by atoms with Crippen molar-refractivity contribution < 1.29 is 23.4 Å². The first kappa shape index (κ1) is 25.5. The number of aliphatic carboxylic acids is 1. The van der Waals surface area contributed by atoms with E-state index in [1.54, 1.807) is 18.2 Å². The Bertz CT molecular complexity index is 1090. The maximum atomic E-state index is 13.9. The number of nitrogens with zero attached hydrogens (tertiary/aromatic N) is 4. The summed E-state index contributed by atoms with van der Waals surface area (Å²) in [4.78, 5) is 20.5. The number of nitrogens with one attached hydrogen (secondary N) is 1. The monoisotopic (exact) mass is 491 g/mol. The number of anilines is 3. The Hall–Kier alpha value is -3.10. The zero-order valence-corrected chi connectivity index (χ0v) is 20.2. The lowest BCUT2D eigenvalue weighted by Gasteiger charge is -2.23. The number of ether oxygens (including phenoxy) is 1. The first-order valence-corrected chi connectivity index (χ1v) is 11.9. The number of aromatic nitrogens is 1. The fourth-order valence-corrected chi connectivity index (χ4v) is 4.24. The number of carboxylic acids is 1. The molecule has 1 unspecified atom stereocenters. The Morgan fingerprint density at radius 2 is 2.15 bits per heavy atom. The van der Waals surface area contributed by atoms with Crippen LogP contribution in [-0.2, 0) is 4.79 Å². The van der Waals surface area contributed by atoms with Crippen molar-refractivity contribution in [1.82, 2.24) is 9.88 Å². The van der Waals surface area contributed by atoms with Crippen LogP contribution >= 0.6 is 11.8 Å². The quantitative estimate of drug-likeness (QED) is 0.496. The van der Waals surface area contributed by atoms with Gasteiger partial charge in [-0.15, -0.1) is 11.8 Å². The van der Waals surface area contributed by atoms with Crippen LogP contribution in [0.15, 0.2) is 29.2 Å². The van der Waals surface area contributed by atoms with Crippen LogP contribution in [0.4, 0.5) is 26.1 Å². The Morgan fingerprint density at radius 1 is 1.41 bits per heavy atom. The van der Waals surface area contributed by atoms with Crippen LogP contribution < -0.4 is 15.0 Å². The van der Waals surface area contributed by atoms with Gasteiger partial charge in [0.05, 0.1) is 5.69 Å². The van der Waals surface area contributed by atoms with Crippen LogP contribution in [0.1, 0.15) is 30.9 Å². The van der Waals surface area contributed by atoms with Crippen molar-refractivity contribution in [2.75, 3.05) is 43.7 Å². The minimum absolute atomic E-state index is 0.0161. The molecule has 1 aliphatic heterocycles. The van der Waals surface area contributed by atoms with Gasteiger partial charge in [-0.1, -0.05) is 0 Å². The zero-order valence-electron chi connectivity index (χ0n) is 19.4. The van der Waals surface area contributed by atoms with Crippen LogP contribution in [0.25, 0.3) is 0 Å². The topological polar surface area (TPSA) is 102 Å². The van der Waals surface area contributed by atoms with Crippen molar-refractivity contribution in [3.63, 3.8) is 0 Å². The Balaban J connectivity index is 2.02. The van der Waals surface area contributed by atoms with E-state index in [-0.39, 0.29) is 28.7 Å². The molecule has 1 aliphatic rings. The van der Waals surface area contributed by atoms with Gasteiger partial charge >= 0.3 is 5.97 Å². The second-order valence-corrected chi connectivity index (χ2v) is 8.99. The van der Waals surface area contributed by atoms with E-state index in [0.29, 0.717) is 24.6 Å². The lowest BCUT2D eigenvalue weighted by molar-refractivity contribution is -0.144. The van der Waals surface area contributed by atoms with Gasteiger partial charge in [0.15, 0.2) is 11.9 Å². The van der Waals surface area contributed by atoms with Crippen molar-refractivity contribution in [3.05, 3.63) is 35.4 Å². The summed E-state index contributed by atoms with van der Waals surface area (Å²) in [5, 5.41) is 21.8. The van der Waals surface area contributed by atoms with E-state index in [1.165, 1.54) is 24.8 Å². The minimum Gasteiger partial charge on any atom is -0.479 e. The molecular weight excluding hydrogens is 464 g/mol. The van der Waals surface area contributed by atoms with E-state index in [9.17, 15) is 18.8 Å². The molecule has 182 valence electrons. The van der Waals surface area contributed by atoms with Gasteiger partial charge < -0.3 is 25.0 Å². The molecule has 2 N–H and O–H groups in total. The first-order valence-electron chi connectivity index (χ1n) is 10.6. The van der Waals surface area contributed by atoms with Crippen molar-refractivity contribution in [1.29, 1.82) is 5.26 Å². The van der Waals surface area contributed by atoms with Gasteiger partial charge in [-0.05, 0) is 51.9 Å². The predicted octanol–water partition coefficient (Wildman–Crippen LogP) is 4.35. The van der Waals surface area contributed by atoms with Gasteiger partial charge in [-0.3, -0.25) is 0 Å². The second-order valence-electron chi connectivity index (χ2n) is 8.14. The van der Waals surface area contributed by atoms with Gasteiger partial charge in [-0.2, -0.15) is 5.26 Å². The molecule has 0 saturated carbocycles. The van der Waals surface area contributed by atoms with Crippen molar-refractivity contribution in [3.8, 4) is 11.8 Å². The molecule has 11 heteroatoms. The normalized spacial score (nSPS) is 16.6. The summed E-state index contributed by atoms with van der Waals surface area (Å²) in [5.41, 5.74) is -0.156. The Morgan fingerprint density at radius 3 is 2.71 bits per heavy atom.